The molecule has 1 saturated heterocycles. The van der Waals surface area contributed by atoms with Crippen molar-refractivity contribution >= 4 is 32.5 Å². The molecule has 1 aliphatic rings. The van der Waals surface area contributed by atoms with Crippen molar-refractivity contribution in [3.05, 3.63) is 95.0 Å². The summed E-state index contributed by atoms with van der Waals surface area (Å²) in [4.78, 5) is 27.5. The van der Waals surface area contributed by atoms with E-state index in [1.54, 1.807) is 60.2 Å². The number of hydrogen-bond acceptors (Lipinski definition) is 9. The van der Waals surface area contributed by atoms with E-state index in [0.29, 0.717) is 40.3 Å². The number of benzene rings is 2. The van der Waals surface area contributed by atoms with E-state index in [4.69, 9.17) is 4.74 Å². The van der Waals surface area contributed by atoms with Crippen LogP contribution < -0.4 is 20.9 Å². The van der Waals surface area contributed by atoms with Crippen LogP contribution in [0, 0.1) is 6.92 Å². The molecule has 1 aliphatic heterocycles. The van der Waals surface area contributed by atoms with Gasteiger partial charge in [-0.05, 0) is 87.3 Å². The highest BCUT2D eigenvalue weighted by Crippen LogP contribution is 2.27. The molecule has 5 aromatic rings. The van der Waals surface area contributed by atoms with E-state index < -0.39 is 9.84 Å². The summed E-state index contributed by atoms with van der Waals surface area (Å²) >= 11 is 0. The van der Waals surface area contributed by atoms with Crippen LogP contribution >= 0.6 is 0 Å². The molecule has 0 saturated carbocycles. The van der Waals surface area contributed by atoms with Gasteiger partial charge in [0.25, 0.3) is 5.56 Å². The number of fused-ring (bicyclic) bond motifs is 1. The SMILES string of the molecule is CCn1c(=O)c(-c2ncc(S(=O)(=O)c3ccccc3)cc2C)cc2cnc(Nc3ccc(OC4CCCNC4)cc3)nc21. The van der Waals surface area contributed by atoms with Crippen LogP contribution in [0.1, 0.15) is 25.3 Å². The highest BCUT2D eigenvalue weighted by Gasteiger charge is 2.21. The Balaban J connectivity index is 1.27. The smallest absolute Gasteiger partial charge is 0.261 e. The second-order valence-electron chi connectivity index (χ2n) is 10.5. The maximum atomic E-state index is 13.6. The first-order valence-electron chi connectivity index (χ1n) is 14.3. The van der Waals surface area contributed by atoms with Gasteiger partial charge >= 0.3 is 0 Å². The van der Waals surface area contributed by atoms with Crippen molar-refractivity contribution in [1.82, 2.24) is 24.8 Å². The Morgan fingerprint density at radius 2 is 1.81 bits per heavy atom. The third-order valence-electron chi connectivity index (χ3n) is 7.48. The number of aryl methyl sites for hydroxylation is 2. The predicted octanol–water partition coefficient (Wildman–Crippen LogP) is 4.89. The summed E-state index contributed by atoms with van der Waals surface area (Å²) in [5.41, 5.74) is 2.34. The minimum absolute atomic E-state index is 0.0706. The molecule has 11 heteroatoms. The minimum Gasteiger partial charge on any atom is -0.489 e. The monoisotopic (exact) mass is 596 g/mol. The van der Waals surface area contributed by atoms with Gasteiger partial charge in [-0.2, -0.15) is 4.98 Å². The third-order valence-corrected chi connectivity index (χ3v) is 9.22. The lowest BCUT2D eigenvalue weighted by atomic mass is 10.1. The molecule has 4 heterocycles. The molecule has 1 atom stereocenters. The van der Waals surface area contributed by atoms with Crippen LogP contribution in [0.5, 0.6) is 5.75 Å². The molecule has 0 aliphatic carbocycles. The first kappa shape index (κ1) is 28.5. The summed E-state index contributed by atoms with van der Waals surface area (Å²) in [6, 6.07) is 19.1. The number of aromatic nitrogens is 4. The molecule has 1 fully saturated rings. The molecule has 0 spiro atoms. The van der Waals surface area contributed by atoms with Gasteiger partial charge < -0.3 is 15.4 Å². The van der Waals surface area contributed by atoms with Crippen LogP contribution in [-0.4, -0.2) is 47.1 Å². The van der Waals surface area contributed by atoms with Gasteiger partial charge in [-0.25, -0.2) is 13.4 Å². The number of pyridine rings is 2. The molecule has 220 valence electrons. The number of nitrogens with one attached hydrogen (secondary N) is 2. The Kier molecular flexibility index (Phi) is 7.92. The van der Waals surface area contributed by atoms with Crippen LogP contribution in [0.25, 0.3) is 22.3 Å². The zero-order chi connectivity index (χ0) is 30.0. The standard InChI is InChI=1S/C32H32N6O4S/c1-3-38-30-22(18-35-32(37-30)36-23-11-13-24(14-12-23)42-25-8-7-15-33-19-25)17-28(31(38)39)29-21(2)16-27(20-34-29)43(40,41)26-9-5-4-6-10-26/h4-6,9-14,16-18,20,25,33H,3,7-8,15,19H2,1-2H3,(H,35,36,37). The molecule has 0 radical (unpaired) electrons. The molecular weight excluding hydrogens is 564 g/mol. The lowest BCUT2D eigenvalue weighted by molar-refractivity contribution is 0.167. The van der Waals surface area contributed by atoms with Gasteiger partial charge in [0.2, 0.25) is 15.8 Å². The summed E-state index contributed by atoms with van der Waals surface area (Å²) in [7, 11) is -3.74. The molecular formula is C32H32N6O4S. The van der Waals surface area contributed by atoms with Crippen LogP contribution in [-0.2, 0) is 16.4 Å². The molecule has 0 bridgehead atoms. The number of sulfone groups is 1. The van der Waals surface area contributed by atoms with E-state index >= 15 is 0 Å². The van der Waals surface area contributed by atoms with E-state index in [1.165, 1.54) is 6.20 Å². The maximum Gasteiger partial charge on any atom is 0.261 e. The molecule has 1 unspecified atom stereocenters. The quantitative estimate of drug-likeness (QED) is 0.257. The van der Waals surface area contributed by atoms with Gasteiger partial charge in [0.1, 0.15) is 17.5 Å². The van der Waals surface area contributed by atoms with Crippen LogP contribution in [0.4, 0.5) is 11.6 Å². The topological polar surface area (TPSA) is 128 Å². The maximum absolute atomic E-state index is 13.6. The van der Waals surface area contributed by atoms with Gasteiger partial charge in [-0.15, -0.1) is 0 Å². The first-order chi connectivity index (χ1) is 20.8. The largest absolute Gasteiger partial charge is 0.489 e. The Labute approximate surface area is 249 Å². The van der Waals surface area contributed by atoms with Crippen molar-refractivity contribution < 1.29 is 13.2 Å². The third kappa shape index (κ3) is 5.86. The van der Waals surface area contributed by atoms with Crippen LogP contribution in [0.15, 0.2) is 93.7 Å². The Morgan fingerprint density at radius 3 is 2.51 bits per heavy atom. The van der Waals surface area contributed by atoms with Crippen molar-refractivity contribution in [2.24, 2.45) is 0 Å². The summed E-state index contributed by atoms with van der Waals surface area (Å²) < 4.78 is 33.8. The fourth-order valence-corrected chi connectivity index (χ4v) is 6.57. The molecule has 0 amide bonds. The zero-order valence-electron chi connectivity index (χ0n) is 23.9. The number of anilines is 2. The lowest BCUT2D eigenvalue weighted by Crippen LogP contribution is -2.37. The summed E-state index contributed by atoms with van der Waals surface area (Å²) in [5.74, 6) is 1.16. The van der Waals surface area contributed by atoms with Crippen molar-refractivity contribution in [2.75, 3.05) is 18.4 Å². The van der Waals surface area contributed by atoms with Crippen molar-refractivity contribution in [1.29, 1.82) is 0 Å². The van der Waals surface area contributed by atoms with Gasteiger partial charge in [-0.1, -0.05) is 18.2 Å². The van der Waals surface area contributed by atoms with E-state index in [9.17, 15) is 13.2 Å². The second kappa shape index (κ2) is 11.9. The second-order valence-corrected chi connectivity index (χ2v) is 12.4. The molecule has 10 nitrogen and oxygen atoms in total. The van der Waals surface area contributed by atoms with E-state index in [1.807, 2.05) is 31.2 Å². The Bertz CT molecular complexity index is 1940. The van der Waals surface area contributed by atoms with Gasteiger partial charge in [-0.3, -0.25) is 14.3 Å². The number of rotatable bonds is 8. The average Bonchev–Trinajstić information content (AvgIpc) is 3.03. The van der Waals surface area contributed by atoms with Gasteiger partial charge in [0, 0.05) is 36.6 Å². The molecule has 6 rings (SSSR count). The molecule has 43 heavy (non-hydrogen) atoms. The van der Waals surface area contributed by atoms with Crippen molar-refractivity contribution in [2.45, 2.75) is 49.1 Å². The lowest BCUT2D eigenvalue weighted by Gasteiger charge is -2.24. The Morgan fingerprint density at radius 1 is 1.02 bits per heavy atom. The van der Waals surface area contributed by atoms with Crippen LogP contribution in [0.3, 0.4) is 0 Å². The number of nitrogens with zero attached hydrogens (tertiary/aromatic N) is 4. The Hall–Kier alpha value is -4.61. The summed E-state index contributed by atoms with van der Waals surface area (Å²) in [6.07, 6.45) is 5.28. The van der Waals surface area contributed by atoms with E-state index in [2.05, 4.69) is 25.6 Å². The normalized spacial score (nSPS) is 15.3. The van der Waals surface area contributed by atoms with Gasteiger partial charge in [0.15, 0.2) is 0 Å². The zero-order valence-corrected chi connectivity index (χ0v) is 24.8. The number of hydrogen-bond donors (Lipinski definition) is 2. The summed E-state index contributed by atoms with van der Waals surface area (Å²) in [6.45, 7) is 5.88. The fourth-order valence-electron chi connectivity index (χ4n) is 5.25. The number of ether oxygens (including phenoxy) is 1. The average molecular weight is 597 g/mol. The van der Waals surface area contributed by atoms with Crippen molar-refractivity contribution in [3.8, 4) is 17.0 Å². The molecule has 3 aromatic heterocycles. The first-order valence-corrected chi connectivity index (χ1v) is 15.7. The predicted molar refractivity (Wildman–Crippen MR) is 166 cm³/mol. The fraction of sp³-hybridized carbons (Fsp3) is 0.250. The minimum atomic E-state index is -3.74. The van der Waals surface area contributed by atoms with Gasteiger partial charge in [0.05, 0.1) is 21.0 Å². The molecule has 2 N–H and O–H groups in total. The van der Waals surface area contributed by atoms with Crippen molar-refractivity contribution in [3.63, 3.8) is 0 Å². The highest BCUT2D eigenvalue weighted by atomic mass is 32.2. The highest BCUT2D eigenvalue weighted by molar-refractivity contribution is 7.91. The summed E-state index contributed by atoms with van der Waals surface area (Å²) in [5, 5.41) is 7.23. The van der Waals surface area contributed by atoms with Crippen LogP contribution in [0.2, 0.25) is 0 Å². The van der Waals surface area contributed by atoms with E-state index in [-0.39, 0.29) is 21.5 Å². The van der Waals surface area contributed by atoms with E-state index in [0.717, 1.165) is 37.4 Å². The molecule has 2 aromatic carbocycles. The number of piperidine rings is 1.